The van der Waals surface area contributed by atoms with Gasteiger partial charge >= 0.3 is 0 Å². The van der Waals surface area contributed by atoms with Gasteiger partial charge in [-0.1, -0.05) is 18.6 Å². The number of aromatic nitrogens is 1. The van der Waals surface area contributed by atoms with Gasteiger partial charge in [-0.15, -0.1) is 0 Å². The lowest BCUT2D eigenvalue weighted by atomic mass is 10.1. The minimum absolute atomic E-state index is 0.156. The number of hydrogen-bond acceptors (Lipinski definition) is 4. The number of amides is 1. The number of carbonyl (C=O) groups excluding carboxylic acids is 1. The molecule has 0 atom stereocenters. The summed E-state index contributed by atoms with van der Waals surface area (Å²) in [6.45, 7) is 4.79. The highest BCUT2D eigenvalue weighted by molar-refractivity contribution is 5.95. The highest BCUT2D eigenvalue weighted by Crippen LogP contribution is 2.28. The number of benzene rings is 2. The van der Waals surface area contributed by atoms with Crippen LogP contribution in [0, 0.1) is 6.92 Å². The third-order valence-electron chi connectivity index (χ3n) is 4.85. The molecule has 152 valence electrons. The van der Waals surface area contributed by atoms with Crippen LogP contribution < -0.4 is 15.0 Å². The first-order valence-electron chi connectivity index (χ1n) is 9.60. The van der Waals surface area contributed by atoms with Gasteiger partial charge in [-0.3, -0.25) is 9.59 Å². The molecule has 3 rings (SSSR count). The van der Waals surface area contributed by atoms with E-state index in [2.05, 4.69) is 4.98 Å². The van der Waals surface area contributed by atoms with E-state index >= 15 is 0 Å². The zero-order valence-electron chi connectivity index (χ0n) is 17.2. The van der Waals surface area contributed by atoms with E-state index in [4.69, 9.17) is 9.47 Å². The first kappa shape index (κ1) is 20.5. The fraction of sp³-hybridized carbons (Fsp3) is 0.304. The van der Waals surface area contributed by atoms with E-state index in [0.29, 0.717) is 29.2 Å². The highest BCUT2D eigenvalue weighted by atomic mass is 16.5. The average molecular weight is 394 g/mol. The molecule has 0 aliphatic heterocycles. The summed E-state index contributed by atoms with van der Waals surface area (Å²) in [6.07, 6.45) is 0.781. The summed E-state index contributed by atoms with van der Waals surface area (Å²) in [4.78, 5) is 30.3. The van der Waals surface area contributed by atoms with Crippen molar-refractivity contribution in [3.63, 3.8) is 0 Å². The second-order valence-corrected chi connectivity index (χ2v) is 7.01. The fourth-order valence-corrected chi connectivity index (χ4v) is 3.37. The second-order valence-electron chi connectivity index (χ2n) is 7.01. The third-order valence-corrected chi connectivity index (χ3v) is 4.85. The van der Waals surface area contributed by atoms with E-state index in [9.17, 15) is 9.59 Å². The van der Waals surface area contributed by atoms with Crippen LogP contribution in [-0.2, 0) is 6.54 Å². The van der Waals surface area contributed by atoms with Gasteiger partial charge in [0, 0.05) is 23.2 Å². The van der Waals surface area contributed by atoms with Crippen molar-refractivity contribution in [2.24, 2.45) is 0 Å². The maximum absolute atomic E-state index is 13.2. The lowest BCUT2D eigenvalue weighted by molar-refractivity contribution is 0.0742. The summed E-state index contributed by atoms with van der Waals surface area (Å²) in [5.74, 6) is 0.901. The quantitative estimate of drug-likeness (QED) is 0.660. The topological polar surface area (TPSA) is 71.6 Å². The van der Waals surface area contributed by atoms with Crippen molar-refractivity contribution in [2.75, 3.05) is 20.8 Å². The average Bonchev–Trinajstić information content (AvgIpc) is 2.73. The molecule has 0 unspecified atom stereocenters. The van der Waals surface area contributed by atoms with Crippen LogP contribution in [0.15, 0.2) is 47.3 Å². The Bertz CT molecular complexity index is 1090. The Balaban J connectivity index is 1.94. The Hall–Kier alpha value is -3.28. The molecule has 0 radical (unpaired) electrons. The minimum Gasteiger partial charge on any atom is -0.493 e. The van der Waals surface area contributed by atoms with Crippen molar-refractivity contribution in [1.29, 1.82) is 0 Å². The van der Waals surface area contributed by atoms with E-state index in [1.54, 1.807) is 30.2 Å². The van der Waals surface area contributed by atoms with Crippen LogP contribution in [0.3, 0.4) is 0 Å². The normalized spacial score (nSPS) is 10.8. The predicted molar refractivity (Wildman–Crippen MR) is 114 cm³/mol. The molecular formula is C23H26N2O4. The van der Waals surface area contributed by atoms with Crippen molar-refractivity contribution >= 4 is 16.8 Å². The van der Waals surface area contributed by atoms with Gasteiger partial charge in [-0.2, -0.15) is 0 Å². The summed E-state index contributed by atoms with van der Waals surface area (Å²) < 4.78 is 10.6. The molecule has 0 saturated carbocycles. The number of H-pyrrole nitrogens is 1. The van der Waals surface area contributed by atoms with Gasteiger partial charge in [0.05, 0.1) is 20.8 Å². The van der Waals surface area contributed by atoms with Gasteiger partial charge in [-0.25, -0.2) is 0 Å². The van der Waals surface area contributed by atoms with Gasteiger partial charge in [0.25, 0.3) is 11.5 Å². The molecule has 6 nitrogen and oxygen atoms in total. The molecule has 0 spiro atoms. The summed E-state index contributed by atoms with van der Waals surface area (Å²) in [7, 11) is 3.09. The number of nitrogens with one attached hydrogen (secondary N) is 1. The van der Waals surface area contributed by atoms with Crippen LogP contribution >= 0.6 is 0 Å². The largest absolute Gasteiger partial charge is 0.493 e. The first-order chi connectivity index (χ1) is 14.0. The molecule has 0 bridgehead atoms. The number of pyridine rings is 1. The van der Waals surface area contributed by atoms with Crippen molar-refractivity contribution in [3.05, 3.63) is 69.5 Å². The number of carbonyl (C=O) groups is 1. The Morgan fingerprint density at radius 3 is 2.48 bits per heavy atom. The molecule has 1 amide bonds. The second kappa shape index (κ2) is 8.82. The molecule has 0 aliphatic rings. The van der Waals surface area contributed by atoms with Crippen molar-refractivity contribution < 1.29 is 14.3 Å². The van der Waals surface area contributed by atoms with Gasteiger partial charge in [0.15, 0.2) is 11.5 Å². The van der Waals surface area contributed by atoms with E-state index < -0.39 is 0 Å². The molecule has 29 heavy (non-hydrogen) atoms. The van der Waals surface area contributed by atoms with Crippen LogP contribution in [0.4, 0.5) is 0 Å². The van der Waals surface area contributed by atoms with E-state index in [-0.39, 0.29) is 18.0 Å². The summed E-state index contributed by atoms with van der Waals surface area (Å²) in [5.41, 5.74) is 2.78. The summed E-state index contributed by atoms with van der Waals surface area (Å²) in [6, 6.07) is 12.8. The molecule has 1 aromatic heterocycles. The lowest BCUT2D eigenvalue weighted by Gasteiger charge is -2.22. The van der Waals surface area contributed by atoms with E-state index in [1.165, 1.54) is 7.11 Å². The van der Waals surface area contributed by atoms with Crippen LogP contribution in [0.2, 0.25) is 0 Å². The van der Waals surface area contributed by atoms with Crippen molar-refractivity contribution in [1.82, 2.24) is 9.88 Å². The SMILES string of the molecule is CCCN(Cc1cc2cc(C)ccc2[nH]c1=O)C(=O)c1ccc(OC)c(OC)c1. The molecule has 0 saturated heterocycles. The van der Waals surface area contributed by atoms with E-state index in [1.807, 2.05) is 38.1 Å². The fourth-order valence-electron chi connectivity index (χ4n) is 3.37. The number of rotatable bonds is 7. The van der Waals surface area contributed by atoms with Crippen molar-refractivity contribution in [2.45, 2.75) is 26.8 Å². The molecule has 0 fully saturated rings. The number of methoxy groups -OCH3 is 2. The molecule has 3 aromatic rings. The minimum atomic E-state index is -0.178. The Morgan fingerprint density at radius 2 is 1.79 bits per heavy atom. The number of aryl methyl sites for hydroxylation is 1. The van der Waals surface area contributed by atoms with Crippen LogP contribution in [0.5, 0.6) is 11.5 Å². The van der Waals surface area contributed by atoms with Gasteiger partial charge in [-0.05, 0) is 55.1 Å². The molecule has 2 aromatic carbocycles. The zero-order chi connectivity index (χ0) is 21.0. The standard InChI is InChI=1S/C23H26N2O4/c1-5-10-25(23(27)16-7-9-20(28-3)21(13-16)29-4)14-18-12-17-11-15(2)6-8-19(17)24-22(18)26/h6-9,11-13H,5,10,14H2,1-4H3,(H,24,26). The summed E-state index contributed by atoms with van der Waals surface area (Å²) >= 11 is 0. The summed E-state index contributed by atoms with van der Waals surface area (Å²) in [5, 5.41) is 0.953. The number of ether oxygens (including phenoxy) is 2. The molecule has 1 N–H and O–H groups in total. The van der Waals surface area contributed by atoms with E-state index in [0.717, 1.165) is 22.9 Å². The molecule has 0 aliphatic carbocycles. The van der Waals surface area contributed by atoms with Gasteiger partial charge in [0.2, 0.25) is 0 Å². The predicted octanol–water partition coefficient (Wildman–Crippen LogP) is 3.91. The number of fused-ring (bicyclic) bond motifs is 1. The van der Waals surface area contributed by atoms with Gasteiger partial charge < -0.3 is 19.4 Å². The Labute approximate surface area is 170 Å². The van der Waals surface area contributed by atoms with Crippen LogP contribution in [0.1, 0.15) is 34.8 Å². The monoisotopic (exact) mass is 394 g/mol. The third kappa shape index (κ3) is 4.42. The van der Waals surface area contributed by atoms with Crippen molar-refractivity contribution in [3.8, 4) is 11.5 Å². The Kier molecular flexibility index (Phi) is 6.22. The lowest BCUT2D eigenvalue weighted by Crippen LogP contribution is -2.33. The maximum atomic E-state index is 13.2. The Morgan fingerprint density at radius 1 is 1.03 bits per heavy atom. The zero-order valence-corrected chi connectivity index (χ0v) is 17.2. The number of hydrogen-bond donors (Lipinski definition) is 1. The van der Waals surface area contributed by atoms with Crippen LogP contribution in [0.25, 0.3) is 10.9 Å². The smallest absolute Gasteiger partial charge is 0.254 e. The van der Waals surface area contributed by atoms with Crippen LogP contribution in [-0.4, -0.2) is 36.6 Å². The number of nitrogens with zero attached hydrogens (tertiary/aromatic N) is 1. The molecule has 6 heteroatoms. The first-order valence-corrected chi connectivity index (χ1v) is 9.60. The highest BCUT2D eigenvalue weighted by Gasteiger charge is 2.19. The number of aromatic amines is 1. The van der Waals surface area contributed by atoms with Gasteiger partial charge in [0.1, 0.15) is 0 Å². The molecular weight excluding hydrogens is 368 g/mol. The maximum Gasteiger partial charge on any atom is 0.254 e. The molecule has 1 heterocycles.